The standard InChI is InChI=1S/C13H13BrN2O4S/c14-11-5-2-9(13(17)18)8-12(11)21(19,20)16(7-1-6-15)10-3-4-10/h2,5,8,10H,1,3-4,7H2,(H,17,18). The first kappa shape index (κ1) is 15.9. The van der Waals surface area contributed by atoms with E-state index in [2.05, 4.69) is 15.9 Å². The van der Waals surface area contributed by atoms with Crippen molar-refractivity contribution in [1.29, 1.82) is 5.26 Å². The molecule has 0 atom stereocenters. The van der Waals surface area contributed by atoms with Crippen LogP contribution in [0, 0.1) is 11.3 Å². The van der Waals surface area contributed by atoms with Crippen LogP contribution < -0.4 is 0 Å². The number of benzene rings is 1. The van der Waals surface area contributed by atoms with Gasteiger partial charge in [0.2, 0.25) is 10.0 Å². The van der Waals surface area contributed by atoms with Gasteiger partial charge in [0.1, 0.15) is 0 Å². The van der Waals surface area contributed by atoms with E-state index in [0.29, 0.717) is 4.47 Å². The first-order valence-electron chi connectivity index (χ1n) is 6.29. The number of aromatic carboxylic acids is 1. The van der Waals surface area contributed by atoms with E-state index < -0.39 is 16.0 Å². The summed E-state index contributed by atoms with van der Waals surface area (Å²) in [6.45, 7) is 0.118. The van der Waals surface area contributed by atoms with Gasteiger partial charge < -0.3 is 5.11 Å². The predicted molar refractivity (Wildman–Crippen MR) is 78.2 cm³/mol. The summed E-state index contributed by atoms with van der Waals surface area (Å²) in [6, 6.07) is 5.73. The van der Waals surface area contributed by atoms with Crippen molar-refractivity contribution in [1.82, 2.24) is 4.31 Å². The molecule has 1 fully saturated rings. The Kier molecular flexibility index (Phi) is 4.66. The molecule has 8 heteroatoms. The van der Waals surface area contributed by atoms with Gasteiger partial charge in [0.05, 0.1) is 16.5 Å². The average Bonchev–Trinajstić information content (AvgIpc) is 3.23. The van der Waals surface area contributed by atoms with Gasteiger partial charge in [-0.15, -0.1) is 0 Å². The van der Waals surface area contributed by atoms with Crippen LogP contribution in [-0.4, -0.2) is 36.4 Å². The zero-order valence-corrected chi connectivity index (χ0v) is 13.4. The molecular weight excluding hydrogens is 360 g/mol. The van der Waals surface area contributed by atoms with E-state index in [0.717, 1.165) is 18.9 Å². The topological polar surface area (TPSA) is 98.5 Å². The fourth-order valence-corrected chi connectivity index (χ4v) is 4.62. The predicted octanol–water partition coefficient (Wildman–Crippen LogP) is 2.21. The zero-order chi connectivity index (χ0) is 15.6. The largest absolute Gasteiger partial charge is 0.478 e. The summed E-state index contributed by atoms with van der Waals surface area (Å²) in [7, 11) is -3.82. The van der Waals surface area contributed by atoms with Crippen LogP contribution in [0.25, 0.3) is 0 Å². The van der Waals surface area contributed by atoms with Crippen molar-refractivity contribution >= 4 is 31.9 Å². The molecule has 0 heterocycles. The fourth-order valence-electron chi connectivity index (χ4n) is 1.98. The number of carboxylic acid groups (broad SMARTS) is 1. The molecule has 1 aliphatic carbocycles. The van der Waals surface area contributed by atoms with Gasteiger partial charge in [0, 0.05) is 23.5 Å². The third kappa shape index (κ3) is 3.43. The van der Waals surface area contributed by atoms with E-state index in [1.165, 1.54) is 16.4 Å². The van der Waals surface area contributed by atoms with E-state index in [9.17, 15) is 13.2 Å². The molecule has 0 aromatic heterocycles. The second kappa shape index (κ2) is 6.13. The Morgan fingerprint density at radius 2 is 2.14 bits per heavy atom. The lowest BCUT2D eigenvalue weighted by atomic mass is 10.2. The van der Waals surface area contributed by atoms with Crippen LogP contribution >= 0.6 is 15.9 Å². The minimum Gasteiger partial charge on any atom is -0.478 e. The minimum absolute atomic E-state index is 0.0766. The monoisotopic (exact) mass is 372 g/mol. The molecule has 0 unspecified atom stereocenters. The number of hydrogen-bond acceptors (Lipinski definition) is 4. The van der Waals surface area contributed by atoms with Crippen molar-refractivity contribution in [2.45, 2.75) is 30.2 Å². The van der Waals surface area contributed by atoms with E-state index in [1.54, 1.807) is 0 Å². The summed E-state index contributed by atoms with van der Waals surface area (Å²) in [5, 5.41) is 17.7. The normalized spacial score (nSPS) is 14.9. The molecule has 1 aromatic carbocycles. The summed E-state index contributed by atoms with van der Waals surface area (Å²) >= 11 is 3.16. The lowest BCUT2D eigenvalue weighted by molar-refractivity contribution is 0.0696. The highest BCUT2D eigenvalue weighted by Gasteiger charge is 2.38. The van der Waals surface area contributed by atoms with Crippen LogP contribution in [0.15, 0.2) is 27.6 Å². The highest BCUT2D eigenvalue weighted by atomic mass is 79.9. The number of hydrogen-bond donors (Lipinski definition) is 1. The number of halogens is 1. The Hall–Kier alpha value is -1.43. The van der Waals surface area contributed by atoms with Crippen molar-refractivity contribution in [3.63, 3.8) is 0 Å². The third-order valence-corrected chi connectivity index (χ3v) is 6.11. The third-order valence-electron chi connectivity index (χ3n) is 3.16. The number of carbonyl (C=O) groups is 1. The van der Waals surface area contributed by atoms with Crippen LogP contribution in [0.3, 0.4) is 0 Å². The Labute approximate surface area is 131 Å². The van der Waals surface area contributed by atoms with E-state index >= 15 is 0 Å². The number of nitriles is 1. The molecule has 1 N–H and O–H groups in total. The van der Waals surface area contributed by atoms with E-state index in [-0.39, 0.29) is 29.5 Å². The van der Waals surface area contributed by atoms with Gasteiger partial charge in [0.15, 0.2) is 0 Å². The lowest BCUT2D eigenvalue weighted by Crippen LogP contribution is -2.34. The quantitative estimate of drug-likeness (QED) is 0.825. The maximum absolute atomic E-state index is 12.7. The second-order valence-corrected chi connectivity index (χ2v) is 7.42. The van der Waals surface area contributed by atoms with Crippen molar-refractivity contribution < 1.29 is 18.3 Å². The van der Waals surface area contributed by atoms with Gasteiger partial charge in [-0.05, 0) is 47.0 Å². The average molecular weight is 373 g/mol. The van der Waals surface area contributed by atoms with Crippen molar-refractivity contribution in [3.05, 3.63) is 28.2 Å². The summed E-state index contributed by atoms with van der Waals surface area (Å²) in [5.74, 6) is -1.19. The van der Waals surface area contributed by atoms with Crippen molar-refractivity contribution in [2.75, 3.05) is 6.54 Å². The molecule has 112 valence electrons. The second-order valence-electron chi connectivity index (χ2n) is 4.71. The number of rotatable bonds is 6. The molecule has 0 spiro atoms. The highest BCUT2D eigenvalue weighted by molar-refractivity contribution is 9.10. The Morgan fingerprint density at radius 1 is 1.48 bits per heavy atom. The summed E-state index contributed by atoms with van der Waals surface area (Å²) in [4.78, 5) is 10.9. The molecule has 21 heavy (non-hydrogen) atoms. The maximum atomic E-state index is 12.7. The Balaban J connectivity index is 2.44. The van der Waals surface area contributed by atoms with Crippen molar-refractivity contribution in [2.24, 2.45) is 0 Å². The molecule has 6 nitrogen and oxygen atoms in total. The smallest absolute Gasteiger partial charge is 0.335 e. The lowest BCUT2D eigenvalue weighted by Gasteiger charge is -2.21. The van der Waals surface area contributed by atoms with Gasteiger partial charge in [-0.1, -0.05) is 0 Å². The minimum atomic E-state index is -3.82. The highest BCUT2D eigenvalue weighted by Crippen LogP contribution is 2.34. The molecule has 0 bridgehead atoms. The fraction of sp³-hybridized carbons (Fsp3) is 0.385. The van der Waals surface area contributed by atoms with Crippen LogP contribution in [0.4, 0.5) is 0 Å². The Bertz CT molecular complexity index is 707. The summed E-state index contributed by atoms with van der Waals surface area (Å²) in [6.07, 6.45) is 1.63. The van der Waals surface area contributed by atoms with Gasteiger partial charge in [-0.3, -0.25) is 0 Å². The first-order chi connectivity index (χ1) is 9.87. The summed E-state index contributed by atoms with van der Waals surface area (Å²) in [5.41, 5.74) is -0.0900. The molecule has 0 radical (unpaired) electrons. The molecular formula is C13H13BrN2O4S. The van der Waals surface area contributed by atoms with E-state index in [4.69, 9.17) is 10.4 Å². The molecule has 1 aromatic rings. The van der Waals surface area contributed by atoms with Gasteiger partial charge in [-0.2, -0.15) is 9.57 Å². The van der Waals surface area contributed by atoms with Gasteiger partial charge in [-0.25, -0.2) is 13.2 Å². The summed E-state index contributed by atoms with van der Waals surface area (Å²) < 4.78 is 27.0. The first-order valence-corrected chi connectivity index (χ1v) is 8.53. The van der Waals surface area contributed by atoms with E-state index in [1.807, 2.05) is 6.07 Å². The molecule has 0 amide bonds. The van der Waals surface area contributed by atoms with Gasteiger partial charge in [0.25, 0.3) is 0 Å². The molecule has 1 saturated carbocycles. The van der Waals surface area contributed by atoms with Crippen LogP contribution in [-0.2, 0) is 10.0 Å². The molecule has 2 rings (SSSR count). The zero-order valence-electron chi connectivity index (χ0n) is 11.0. The van der Waals surface area contributed by atoms with Crippen LogP contribution in [0.5, 0.6) is 0 Å². The molecule has 0 saturated heterocycles. The molecule has 1 aliphatic rings. The SMILES string of the molecule is N#CCCN(C1CC1)S(=O)(=O)c1cc(C(=O)O)ccc1Br. The maximum Gasteiger partial charge on any atom is 0.335 e. The molecule has 0 aliphatic heterocycles. The van der Waals surface area contributed by atoms with Crippen LogP contribution in [0.2, 0.25) is 0 Å². The Morgan fingerprint density at radius 3 is 2.67 bits per heavy atom. The number of nitrogens with zero attached hydrogens (tertiary/aromatic N) is 2. The van der Waals surface area contributed by atoms with Gasteiger partial charge >= 0.3 is 5.97 Å². The number of sulfonamides is 1. The number of carboxylic acids is 1. The van der Waals surface area contributed by atoms with Crippen LogP contribution in [0.1, 0.15) is 29.6 Å². The van der Waals surface area contributed by atoms with Crippen molar-refractivity contribution in [3.8, 4) is 6.07 Å².